The van der Waals surface area contributed by atoms with Crippen LogP contribution in [0, 0.1) is 0 Å². The van der Waals surface area contributed by atoms with E-state index >= 15 is 0 Å². The molecule has 6 aromatic rings. The molecule has 0 fully saturated rings. The molecule has 1 heterocycles. The largest absolute Gasteiger partial charge is 0.449 e. The van der Waals surface area contributed by atoms with Gasteiger partial charge in [0.05, 0.1) is 6.61 Å². The van der Waals surface area contributed by atoms with E-state index in [2.05, 4.69) is 80.9 Å². The zero-order chi connectivity index (χ0) is 35.0. The van der Waals surface area contributed by atoms with Gasteiger partial charge in [0.25, 0.3) is 0 Å². The van der Waals surface area contributed by atoms with E-state index in [9.17, 15) is 9.59 Å². The molecule has 5 aromatic carbocycles. The van der Waals surface area contributed by atoms with Crippen LogP contribution in [0.25, 0.3) is 44.5 Å². The van der Waals surface area contributed by atoms with E-state index in [1.54, 1.807) is 18.2 Å². The van der Waals surface area contributed by atoms with E-state index in [-0.39, 0.29) is 24.2 Å². The molecular formula is C41H41N3O5Si. The summed E-state index contributed by atoms with van der Waals surface area (Å²) in [6.07, 6.45) is -0.683. The smallest absolute Gasteiger partial charge is 0.407 e. The van der Waals surface area contributed by atoms with Crippen molar-refractivity contribution in [3.63, 3.8) is 0 Å². The Bertz CT molecular complexity index is 2170. The number of hydrogen-bond acceptors (Lipinski definition) is 6. The monoisotopic (exact) mass is 683 g/mol. The van der Waals surface area contributed by atoms with Gasteiger partial charge in [0.15, 0.2) is 13.9 Å². The van der Waals surface area contributed by atoms with Gasteiger partial charge in [-0.15, -0.1) is 0 Å². The molecule has 2 N–H and O–H groups in total. The lowest BCUT2D eigenvalue weighted by Gasteiger charge is -2.37. The summed E-state index contributed by atoms with van der Waals surface area (Å²) in [5.41, 5.74) is 7.10. The van der Waals surface area contributed by atoms with Gasteiger partial charge in [-0.25, -0.2) is 9.78 Å². The third-order valence-corrected chi connectivity index (χ3v) is 14.5. The molecule has 1 aliphatic rings. The van der Waals surface area contributed by atoms with E-state index < -0.39 is 26.4 Å². The van der Waals surface area contributed by atoms with E-state index in [0.717, 1.165) is 38.6 Å². The molecule has 1 aliphatic carbocycles. The standard InChI is InChI=1S/C41H41N3O5Si/c1-41(2,3)50(4,5)48-25-36(44-40(46)47-24-34-32-16-10-8-14-30(32)31-15-9-11-17-33(31)34)38(45)42-29-20-21-37-35(23-29)43-39(49-37)28-19-18-26-12-6-7-13-27(26)22-28/h6-23,34,36H,24-25H2,1-5H3,(H,42,45)(H,44,46)/t36-/m0/s1. The summed E-state index contributed by atoms with van der Waals surface area (Å²) in [6.45, 7) is 10.8. The summed E-state index contributed by atoms with van der Waals surface area (Å²) in [6, 6.07) is 34.8. The number of benzene rings is 5. The van der Waals surface area contributed by atoms with Gasteiger partial charge in [-0.1, -0.05) is 99.6 Å². The normalized spacial score (nSPS) is 13.5. The van der Waals surface area contributed by atoms with Crippen molar-refractivity contribution in [1.29, 1.82) is 0 Å². The fourth-order valence-corrected chi connectivity index (χ4v) is 7.17. The zero-order valence-electron chi connectivity index (χ0n) is 28.9. The van der Waals surface area contributed by atoms with Crippen LogP contribution in [0.3, 0.4) is 0 Å². The number of nitrogens with zero attached hydrogens (tertiary/aromatic N) is 1. The number of anilines is 1. The molecule has 7 rings (SSSR count). The van der Waals surface area contributed by atoms with Gasteiger partial charge in [0.2, 0.25) is 11.8 Å². The third kappa shape index (κ3) is 6.66. The first-order chi connectivity index (χ1) is 24.0. The number of ether oxygens (including phenoxy) is 1. The van der Waals surface area contributed by atoms with Gasteiger partial charge >= 0.3 is 6.09 Å². The zero-order valence-corrected chi connectivity index (χ0v) is 29.9. The molecule has 0 aliphatic heterocycles. The molecule has 1 aromatic heterocycles. The van der Waals surface area contributed by atoms with E-state index in [1.807, 2.05) is 54.6 Å². The van der Waals surface area contributed by atoms with Gasteiger partial charge in [0.1, 0.15) is 18.2 Å². The molecule has 254 valence electrons. The van der Waals surface area contributed by atoms with Gasteiger partial charge in [-0.05, 0) is 81.5 Å². The molecule has 9 heteroatoms. The number of amides is 2. The molecule has 2 amide bonds. The highest BCUT2D eigenvalue weighted by molar-refractivity contribution is 6.74. The van der Waals surface area contributed by atoms with Crippen LogP contribution in [0.4, 0.5) is 10.5 Å². The summed E-state index contributed by atoms with van der Waals surface area (Å²) in [5, 5.41) is 7.90. The lowest BCUT2D eigenvalue weighted by atomic mass is 9.98. The SMILES string of the molecule is CC(C)(C)[Si](C)(C)OC[C@H](NC(=O)OCC1c2ccccc2-c2ccccc21)C(=O)Nc1ccc2oc(-c3ccc4ccccc4c3)nc2c1. The second-order valence-corrected chi connectivity index (χ2v) is 19.2. The molecule has 0 spiro atoms. The molecule has 0 unspecified atom stereocenters. The Balaban J connectivity index is 1.07. The molecule has 8 nitrogen and oxygen atoms in total. The van der Waals surface area contributed by atoms with Crippen molar-refractivity contribution in [2.45, 2.75) is 50.9 Å². The number of alkyl carbamates (subject to hydrolysis) is 1. The molecule has 0 saturated heterocycles. The molecule has 0 saturated carbocycles. The summed E-state index contributed by atoms with van der Waals surface area (Å²) in [5.74, 6) is -0.0285. The number of rotatable bonds is 9. The van der Waals surface area contributed by atoms with Crippen molar-refractivity contribution in [2.24, 2.45) is 0 Å². The van der Waals surface area contributed by atoms with Gasteiger partial charge in [-0.3, -0.25) is 4.79 Å². The van der Waals surface area contributed by atoms with Crippen LogP contribution >= 0.6 is 0 Å². The summed E-state index contributed by atoms with van der Waals surface area (Å²) < 4.78 is 18.3. The fourth-order valence-electron chi connectivity index (χ4n) is 6.15. The quantitative estimate of drug-likeness (QED) is 0.147. The van der Waals surface area contributed by atoms with Crippen molar-refractivity contribution in [3.05, 3.63) is 120 Å². The van der Waals surface area contributed by atoms with Gasteiger partial charge in [0, 0.05) is 17.2 Å². The maximum absolute atomic E-state index is 13.8. The Kier molecular flexibility index (Phi) is 8.80. The van der Waals surface area contributed by atoms with Crippen molar-refractivity contribution >= 4 is 47.9 Å². The molecule has 50 heavy (non-hydrogen) atoms. The van der Waals surface area contributed by atoms with E-state index in [0.29, 0.717) is 22.7 Å². The number of nitrogens with one attached hydrogen (secondary N) is 2. The second-order valence-electron chi connectivity index (χ2n) is 14.3. The minimum Gasteiger partial charge on any atom is -0.449 e. The predicted octanol–water partition coefficient (Wildman–Crippen LogP) is 9.52. The van der Waals surface area contributed by atoms with Crippen LogP contribution in [-0.4, -0.2) is 44.6 Å². The van der Waals surface area contributed by atoms with Crippen LogP contribution in [0.15, 0.2) is 114 Å². The molecule has 1 atom stereocenters. The maximum atomic E-state index is 13.8. The molecule has 0 bridgehead atoms. The Hall–Kier alpha value is -5.25. The average molecular weight is 684 g/mol. The predicted molar refractivity (Wildman–Crippen MR) is 201 cm³/mol. The first-order valence-electron chi connectivity index (χ1n) is 16.9. The number of oxazole rings is 1. The van der Waals surface area contributed by atoms with Gasteiger partial charge < -0.3 is 24.2 Å². The Labute approximate surface area is 293 Å². The van der Waals surface area contributed by atoms with E-state index in [4.69, 9.17) is 18.6 Å². The molecule has 0 radical (unpaired) electrons. The minimum absolute atomic E-state index is 0.00480. The van der Waals surface area contributed by atoms with Crippen LogP contribution in [-0.2, 0) is 14.0 Å². The Morgan fingerprint density at radius 1 is 0.840 bits per heavy atom. The molecular weight excluding hydrogens is 643 g/mol. The number of carbonyl (C=O) groups excluding carboxylic acids is 2. The number of aromatic nitrogens is 1. The highest BCUT2D eigenvalue weighted by Crippen LogP contribution is 2.44. The topological polar surface area (TPSA) is 103 Å². The first kappa shape index (κ1) is 33.3. The van der Waals surface area contributed by atoms with Crippen molar-refractivity contribution in [2.75, 3.05) is 18.5 Å². The number of hydrogen-bond donors (Lipinski definition) is 2. The van der Waals surface area contributed by atoms with Crippen molar-refractivity contribution in [3.8, 4) is 22.6 Å². The fraction of sp³-hybridized carbons (Fsp3) is 0.244. The van der Waals surface area contributed by atoms with Crippen molar-refractivity contribution < 1.29 is 23.2 Å². The summed E-state index contributed by atoms with van der Waals surface area (Å²) >= 11 is 0. The average Bonchev–Trinajstić information content (AvgIpc) is 3.67. The Morgan fingerprint density at radius 3 is 2.20 bits per heavy atom. The lowest BCUT2D eigenvalue weighted by molar-refractivity contribution is -0.118. The van der Waals surface area contributed by atoms with Crippen LogP contribution in [0.2, 0.25) is 18.1 Å². The number of carbonyl (C=O) groups is 2. The van der Waals surface area contributed by atoms with Crippen LogP contribution < -0.4 is 10.6 Å². The maximum Gasteiger partial charge on any atom is 0.407 e. The minimum atomic E-state index is -2.25. The number of fused-ring (bicyclic) bond motifs is 5. The van der Waals surface area contributed by atoms with Crippen LogP contribution in [0.5, 0.6) is 0 Å². The Morgan fingerprint density at radius 2 is 1.50 bits per heavy atom. The highest BCUT2D eigenvalue weighted by atomic mass is 28.4. The van der Waals surface area contributed by atoms with Crippen LogP contribution in [0.1, 0.15) is 37.8 Å². The van der Waals surface area contributed by atoms with Crippen molar-refractivity contribution in [1.82, 2.24) is 10.3 Å². The first-order valence-corrected chi connectivity index (χ1v) is 19.8. The highest BCUT2D eigenvalue weighted by Gasteiger charge is 2.39. The van der Waals surface area contributed by atoms with E-state index in [1.165, 1.54) is 0 Å². The summed E-state index contributed by atoms with van der Waals surface area (Å²) in [4.78, 5) is 31.8. The summed E-state index contributed by atoms with van der Waals surface area (Å²) in [7, 11) is -2.25. The van der Waals surface area contributed by atoms with Gasteiger partial charge in [-0.2, -0.15) is 0 Å². The third-order valence-electron chi connectivity index (χ3n) is 10.0. The lowest BCUT2D eigenvalue weighted by Crippen LogP contribution is -2.51. The second kappa shape index (κ2) is 13.2.